The number of guanidine groups is 1. The standard InChI is InChI=1S/C16H17F3N4OS/c1-20-15(21-8-14-23-13(9-25-14)16(17,18)19)22-11-6-7-24-12-5-3-2-4-10(11)12/h2-5,9,11H,6-8H2,1H3,(H2,20,21,22). The molecule has 1 aliphatic rings. The number of benzene rings is 1. The molecule has 0 fully saturated rings. The van der Waals surface area contributed by atoms with E-state index in [1.54, 1.807) is 7.05 Å². The maximum absolute atomic E-state index is 12.6. The Hall–Kier alpha value is -2.29. The number of fused-ring (bicyclic) bond motifs is 1. The highest BCUT2D eigenvalue weighted by atomic mass is 32.1. The topological polar surface area (TPSA) is 58.5 Å². The van der Waals surface area contributed by atoms with Crippen LogP contribution >= 0.6 is 11.3 Å². The summed E-state index contributed by atoms with van der Waals surface area (Å²) < 4.78 is 43.4. The monoisotopic (exact) mass is 370 g/mol. The maximum atomic E-state index is 12.6. The van der Waals surface area contributed by atoms with Crippen LogP contribution < -0.4 is 15.4 Å². The maximum Gasteiger partial charge on any atom is 0.434 e. The molecule has 0 saturated carbocycles. The molecule has 1 aromatic heterocycles. The van der Waals surface area contributed by atoms with Gasteiger partial charge in [0.25, 0.3) is 0 Å². The Morgan fingerprint density at radius 3 is 2.92 bits per heavy atom. The van der Waals surface area contributed by atoms with Crippen molar-refractivity contribution in [3.05, 3.63) is 45.9 Å². The molecule has 1 atom stereocenters. The molecule has 5 nitrogen and oxygen atoms in total. The van der Waals surface area contributed by atoms with Gasteiger partial charge in [0.2, 0.25) is 0 Å². The minimum atomic E-state index is -4.42. The number of aromatic nitrogens is 1. The zero-order chi connectivity index (χ0) is 17.9. The molecule has 0 aliphatic carbocycles. The van der Waals surface area contributed by atoms with Gasteiger partial charge in [0.15, 0.2) is 11.7 Å². The third-order valence-corrected chi connectivity index (χ3v) is 4.59. The van der Waals surface area contributed by atoms with Gasteiger partial charge in [-0.25, -0.2) is 4.98 Å². The zero-order valence-corrected chi connectivity index (χ0v) is 14.2. The molecule has 1 aromatic carbocycles. The molecule has 0 bridgehead atoms. The normalized spacial score (nSPS) is 17.6. The van der Waals surface area contributed by atoms with Gasteiger partial charge in [-0.1, -0.05) is 18.2 Å². The molecule has 25 heavy (non-hydrogen) atoms. The van der Waals surface area contributed by atoms with Crippen molar-refractivity contribution >= 4 is 17.3 Å². The Morgan fingerprint density at radius 1 is 1.40 bits per heavy atom. The van der Waals surface area contributed by atoms with Crippen LogP contribution in [0.5, 0.6) is 5.75 Å². The van der Waals surface area contributed by atoms with Crippen LogP contribution in [-0.4, -0.2) is 24.6 Å². The first-order chi connectivity index (χ1) is 12.0. The van der Waals surface area contributed by atoms with Crippen molar-refractivity contribution in [1.29, 1.82) is 0 Å². The van der Waals surface area contributed by atoms with E-state index in [0.29, 0.717) is 17.6 Å². The molecular formula is C16H17F3N4OS. The Kier molecular flexibility index (Phi) is 5.12. The molecule has 1 unspecified atom stereocenters. The van der Waals surface area contributed by atoms with Crippen molar-refractivity contribution in [1.82, 2.24) is 15.6 Å². The van der Waals surface area contributed by atoms with Crippen LogP contribution in [-0.2, 0) is 12.7 Å². The predicted octanol–water partition coefficient (Wildman–Crippen LogP) is 3.35. The smallest absolute Gasteiger partial charge is 0.434 e. The molecule has 2 N–H and O–H groups in total. The first-order valence-electron chi connectivity index (χ1n) is 7.68. The summed E-state index contributed by atoms with van der Waals surface area (Å²) in [4.78, 5) is 7.73. The van der Waals surface area contributed by atoms with Crippen LogP contribution in [0.2, 0.25) is 0 Å². The molecule has 0 spiro atoms. The van der Waals surface area contributed by atoms with Gasteiger partial charge in [0.05, 0.1) is 19.2 Å². The number of nitrogens with one attached hydrogen (secondary N) is 2. The summed E-state index contributed by atoms with van der Waals surface area (Å²) in [5.41, 5.74) is 0.168. The van der Waals surface area contributed by atoms with E-state index < -0.39 is 11.9 Å². The quantitative estimate of drug-likeness (QED) is 0.643. The highest BCUT2D eigenvalue weighted by molar-refractivity contribution is 7.09. The summed E-state index contributed by atoms with van der Waals surface area (Å²) in [5.74, 6) is 1.34. The summed E-state index contributed by atoms with van der Waals surface area (Å²) in [5, 5.41) is 7.66. The summed E-state index contributed by atoms with van der Waals surface area (Å²) in [7, 11) is 1.61. The molecule has 1 aliphatic heterocycles. The van der Waals surface area contributed by atoms with Crippen molar-refractivity contribution < 1.29 is 17.9 Å². The van der Waals surface area contributed by atoms with E-state index in [1.807, 2.05) is 24.3 Å². The molecule has 3 rings (SSSR count). The highest BCUT2D eigenvalue weighted by Crippen LogP contribution is 2.32. The molecule has 9 heteroatoms. The zero-order valence-electron chi connectivity index (χ0n) is 13.4. The van der Waals surface area contributed by atoms with Gasteiger partial charge in [0, 0.05) is 24.4 Å². The fourth-order valence-electron chi connectivity index (χ4n) is 2.53. The first kappa shape index (κ1) is 17.5. The lowest BCUT2D eigenvalue weighted by Crippen LogP contribution is -2.40. The largest absolute Gasteiger partial charge is 0.493 e. The fraction of sp³-hybridized carbons (Fsp3) is 0.375. The summed E-state index contributed by atoms with van der Waals surface area (Å²) in [6.07, 6.45) is -3.65. The number of hydrogen-bond acceptors (Lipinski definition) is 4. The average molecular weight is 370 g/mol. The number of para-hydroxylation sites is 1. The van der Waals surface area contributed by atoms with Gasteiger partial charge < -0.3 is 15.4 Å². The molecule has 2 heterocycles. The Balaban J connectivity index is 1.62. The molecule has 0 radical (unpaired) electrons. The van der Waals surface area contributed by atoms with E-state index in [-0.39, 0.29) is 12.6 Å². The van der Waals surface area contributed by atoms with Crippen molar-refractivity contribution in [2.45, 2.75) is 25.2 Å². The second-order valence-corrected chi connectivity index (χ2v) is 6.36. The third kappa shape index (κ3) is 4.22. The van der Waals surface area contributed by atoms with Gasteiger partial charge in [-0.3, -0.25) is 4.99 Å². The lowest BCUT2D eigenvalue weighted by Gasteiger charge is -2.27. The number of halogens is 3. The minimum absolute atomic E-state index is 0.0261. The predicted molar refractivity (Wildman–Crippen MR) is 89.7 cm³/mol. The molecular weight excluding hydrogens is 353 g/mol. The fourth-order valence-corrected chi connectivity index (χ4v) is 3.27. The van der Waals surface area contributed by atoms with E-state index in [1.165, 1.54) is 0 Å². The SMILES string of the molecule is CN=C(NCc1nc(C(F)(F)F)cs1)NC1CCOc2ccccc21. The van der Waals surface area contributed by atoms with Gasteiger partial charge in [-0.05, 0) is 6.07 Å². The lowest BCUT2D eigenvalue weighted by atomic mass is 10.0. The Morgan fingerprint density at radius 2 is 2.20 bits per heavy atom. The number of hydrogen-bond donors (Lipinski definition) is 2. The Bertz CT molecular complexity index is 760. The number of aliphatic imine (C=N–C) groups is 1. The number of nitrogens with zero attached hydrogens (tertiary/aromatic N) is 2. The van der Waals surface area contributed by atoms with Gasteiger partial charge in [0.1, 0.15) is 10.8 Å². The van der Waals surface area contributed by atoms with Crippen molar-refractivity contribution in [2.24, 2.45) is 4.99 Å². The van der Waals surface area contributed by atoms with Crippen LogP contribution in [0, 0.1) is 0 Å². The minimum Gasteiger partial charge on any atom is -0.493 e. The van der Waals surface area contributed by atoms with E-state index in [2.05, 4.69) is 20.6 Å². The van der Waals surface area contributed by atoms with Crippen LogP contribution in [0.4, 0.5) is 13.2 Å². The first-order valence-corrected chi connectivity index (χ1v) is 8.56. The van der Waals surface area contributed by atoms with Gasteiger partial charge >= 0.3 is 6.18 Å². The average Bonchev–Trinajstić information content (AvgIpc) is 3.08. The molecule has 2 aromatic rings. The molecule has 0 amide bonds. The second-order valence-electron chi connectivity index (χ2n) is 5.42. The summed E-state index contributed by atoms with van der Waals surface area (Å²) in [6, 6.07) is 7.77. The van der Waals surface area contributed by atoms with E-state index in [9.17, 15) is 13.2 Å². The summed E-state index contributed by atoms with van der Waals surface area (Å²) >= 11 is 0.967. The lowest BCUT2D eigenvalue weighted by molar-refractivity contribution is -0.140. The van der Waals surface area contributed by atoms with E-state index >= 15 is 0 Å². The van der Waals surface area contributed by atoms with Crippen LogP contribution in [0.25, 0.3) is 0 Å². The number of ether oxygens (including phenoxy) is 1. The third-order valence-electron chi connectivity index (χ3n) is 3.74. The Labute approximate surface area is 147 Å². The van der Waals surface area contributed by atoms with Crippen LogP contribution in [0.15, 0.2) is 34.6 Å². The highest BCUT2D eigenvalue weighted by Gasteiger charge is 2.33. The van der Waals surface area contributed by atoms with Crippen molar-refractivity contribution in [2.75, 3.05) is 13.7 Å². The summed E-state index contributed by atoms with van der Waals surface area (Å²) in [6.45, 7) is 0.762. The van der Waals surface area contributed by atoms with Crippen molar-refractivity contribution in [3.8, 4) is 5.75 Å². The van der Waals surface area contributed by atoms with Crippen LogP contribution in [0.1, 0.15) is 28.7 Å². The van der Waals surface area contributed by atoms with E-state index in [4.69, 9.17) is 4.74 Å². The second kappa shape index (κ2) is 7.30. The number of thiazole rings is 1. The number of rotatable bonds is 3. The van der Waals surface area contributed by atoms with Gasteiger partial charge in [-0.2, -0.15) is 13.2 Å². The molecule has 0 saturated heterocycles. The van der Waals surface area contributed by atoms with Gasteiger partial charge in [-0.15, -0.1) is 11.3 Å². The van der Waals surface area contributed by atoms with Crippen LogP contribution in [0.3, 0.4) is 0 Å². The van der Waals surface area contributed by atoms with E-state index in [0.717, 1.165) is 34.5 Å². The van der Waals surface area contributed by atoms with Crippen molar-refractivity contribution in [3.63, 3.8) is 0 Å². The number of alkyl halides is 3. The molecule has 134 valence electrons.